The van der Waals surface area contributed by atoms with E-state index in [9.17, 15) is 0 Å². The van der Waals surface area contributed by atoms with Crippen LogP contribution in [0, 0.1) is 0 Å². The van der Waals surface area contributed by atoms with Crippen LogP contribution in [-0.2, 0) is 5.41 Å². The second kappa shape index (κ2) is 16.4. The van der Waals surface area contributed by atoms with Gasteiger partial charge in [0.05, 0.1) is 11.0 Å². The Morgan fingerprint density at radius 2 is 1.07 bits per heavy atom. The molecule has 69 heavy (non-hydrogen) atoms. The van der Waals surface area contributed by atoms with Gasteiger partial charge in [0, 0.05) is 44.9 Å². The summed E-state index contributed by atoms with van der Waals surface area (Å²) in [5.41, 5.74) is 21.0. The normalized spacial score (nSPS) is 14.8. The zero-order valence-corrected chi connectivity index (χ0v) is 38.9. The van der Waals surface area contributed by atoms with Crippen molar-refractivity contribution >= 4 is 55.2 Å². The number of benzene rings is 10. The van der Waals surface area contributed by atoms with Crippen LogP contribution >= 0.6 is 0 Å². The molecule has 2 heteroatoms. The van der Waals surface area contributed by atoms with Crippen LogP contribution in [0.1, 0.15) is 48.4 Å². The first-order chi connectivity index (χ1) is 34.0. The minimum absolute atomic E-state index is 0.0900. The Balaban J connectivity index is 0.884. The molecule has 0 N–H and O–H groups in total. The van der Waals surface area contributed by atoms with Crippen LogP contribution in [0.15, 0.2) is 249 Å². The van der Waals surface area contributed by atoms with Gasteiger partial charge in [-0.05, 0) is 139 Å². The zero-order chi connectivity index (χ0) is 46.1. The molecule has 0 radical (unpaired) electrons. The average molecular weight is 883 g/mol. The van der Waals surface area contributed by atoms with Crippen molar-refractivity contribution in [3.8, 4) is 39.1 Å². The van der Waals surface area contributed by atoms with E-state index in [2.05, 4.69) is 272 Å². The van der Waals surface area contributed by atoms with E-state index in [1.807, 2.05) is 0 Å². The van der Waals surface area contributed by atoms with E-state index in [1.54, 1.807) is 0 Å². The third-order valence-corrected chi connectivity index (χ3v) is 15.0. The molecule has 0 saturated heterocycles. The third kappa shape index (κ3) is 6.86. The molecule has 1 unspecified atom stereocenters. The number of anilines is 3. The van der Waals surface area contributed by atoms with Crippen molar-refractivity contribution in [2.24, 2.45) is 0 Å². The lowest BCUT2D eigenvalue weighted by Gasteiger charge is -2.27. The summed E-state index contributed by atoms with van der Waals surface area (Å²) >= 11 is 0. The van der Waals surface area contributed by atoms with Crippen LogP contribution in [0.25, 0.3) is 77.2 Å². The smallest absolute Gasteiger partial charge is 0.0547 e. The van der Waals surface area contributed by atoms with E-state index in [1.165, 1.54) is 99.5 Å². The number of allylic oxidation sites excluding steroid dienone is 4. The fraction of sp³-hybridized carbons (Fsp3) is 0.0746. The van der Waals surface area contributed by atoms with Crippen LogP contribution in [-0.4, -0.2) is 4.57 Å². The number of para-hydroxylation sites is 1. The molecule has 0 aliphatic heterocycles. The van der Waals surface area contributed by atoms with Crippen LogP contribution in [0.2, 0.25) is 0 Å². The van der Waals surface area contributed by atoms with E-state index in [-0.39, 0.29) is 5.41 Å². The Bertz CT molecular complexity index is 3820. The van der Waals surface area contributed by atoms with Crippen LogP contribution < -0.4 is 4.90 Å². The molecule has 1 heterocycles. The molecular formula is C67H50N2. The molecule has 13 rings (SSSR count). The maximum atomic E-state index is 2.47. The lowest BCUT2D eigenvalue weighted by atomic mass is 9.82. The van der Waals surface area contributed by atoms with Gasteiger partial charge in [0.2, 0.25) is 0 Å². The number of hydrogen-bond donors (Lipinski definition) is 0. The Kier molecular flexibility index (Phi) is 9.69. The van der Waals surface area contributed by atoms with E-state index >= 15 is 0 Å². The predicted molar refractivity (Wildman–Crippen MR) is 292 cm³/mol. The molecule has 1 aromatic heterocycles. The van der Waals surface area contributed by atoms with E-state index in [0.717, 1.165) is 23.5 Å². The quantitative estimate of drug-likeness (QED) is 0.148. The summed E-state index contributed by atoms with van der Waals surface area (Å²) in [6.07, 6.45) is 8.08. The minimum Gasteiger partial charge on any atom is -0.310 e. The second-order valence-corrected chi connectivity index (χ2v) is 19.2. The number of nitrogens with zero attached hydrogens (tertiary/aromatic N) is 2. The molecule has 2 aliphatic rings. The fourth-order valence-electron chi connectivity index (χ4n) is 11.5. The van der Waals surface area contributed by atoms with Crippen molar-refractivity contribution in [2.75, 3.05) is 4.90 Å². The average Bonchev–Trinajstić information content (AvgIpc) is 3.87. The standard InChI is InChI=1S/C67H50N2/c1-67(2)62-26-10-8-22-59(62)60-42-41-55(44-63(60)67)69-64-27-11-9-23-61(64)66-58(25-14-28-65(66)69)51-19-12-20-54(43-51)68(52-37-33-47(34-38-52)45-15-4-3-5-16-45)53-39-35-48(36-40-53)46-29-31-50(32-30-46)57-24-13-18-49-17-6-7-21-56(49)57/h3-29,31-44,46H,30H2,1-2H3. The Labute approximate surface area is 404 Å². The predicted octanol–water partition coefficient (Wildman–Crippen LogP) is 18.2. The molecule has 2 aliphatic carbocycles. The molecular weight excluding hydrogens is 833 g/mol. The van der Waals surface area contributed by atoms with Gasteiger partial charge >= 0.3 is 0 Å². The molecule has 0 spiro atoms. The first-order valence-electron chi connectivity index (χ1n) is 24.3. The van der Waals surface area contributed by atoms with Gasteiger partial charge in [-0.1, -0.05) is 202 Å². The van der Waals surface area contributed by atoms with Gasteiger partial charge in [0.1, 0.15) is 0 Å². The molecule has 2 nitrogen and oxygen atoms in total. The summed E-state index contributed by atoms with van der Waals surface area (Å²) in [6, 6.07) is 85.0. The molecule has 11 aromatic rings. The van der Waals surface area contributed by atoms with Gasteiger partial charge in [-0.3, -0.25) is 0 Å². The summed E-state index contributed by atoms with van der Waals surface area (Å²) in [6.45, 7) is 4.73. The van der Waals surface area contributed by atoms with Gasteiger partial charge in [-0.15, -0.1) is 0 Å². The molecule has 0 amide bonds. The number of hydrogen-bond acceptors (Lipinski definition) is 1. The van der Waals surface area contributed by atoms with Gasteiger partial charge in [-0.25, -0.2) is 0 Å². The van der Waals surface area contributed by atoms with E-state index in [4.69, 9.17) is 0 Å². The maximum absolute atomic E-state index is 2.47. The van der Waals surface area contributed by atoms with Gasteiger partial charge in [0.15, 0.2) is 0 Å². The number of rotatable bonds is 8. The van der Waals surface area contributed by atoms with Crippen molar-refractivity contribution in [3.63, 3.8) is 0 Å². The highest BCUT2D eigenvalue weighted by Crippen LogP contribution is 2.50. The van der Waals surface area contributed by atoms with E-state index in [0.29, 0.717) is 5.92 Å². The van der Waals surface area contributed by atoms with Crippen LogP contribution in [0.4, 0.5) is 17.1 Å². The molecule has 0 saturated carbocycles. The molecule has 0 fully saturated rings. The zero-order valence-electron chi connectivity index (χ0n) is 38.9. The summed E-state index contributed by atoms with van der Waals surface area (Å²) in [5.74, 6) is 0.307. The van der Waals surface area contributed by atoms with E-state index < -0.39 is 0 Å². The van der Waals surface area contributed by atoms with Crippen molar-refractivity contribution in [3.05, 3.63) is 271 Å². The number of fused-ring (bicyclic) bond motifs is 7. The monoisotopic (exact) mass is 882 g/mol. The second-order valence-electron chi connectivity index (χ2n) is 19.2. The van der Waals surface area contributed by atoms with Gasteiger partial charge < -0.3 is 9.47 Å². The minimum atomic E-state index is -0.0900. The molecule has 0 bridgehead atoms. The first kappa shape index (κ1) is 40.8. The van der Waals surface area contributed by atoms with Crippen LogP contribution in [0.5, 0.6) is 0 Å². The van der Waals surface area contributed by atoms with Gasteiger partial charge in [0.25, 0.3) is 0 Å². The highest BCUT2D eigenvalue weighted by molar-refractivity contribution is 6.16. The maximum Gasteiger partial charge on any atom is 0.0547 e. The summed E-state index contributed by atoms with van der Waals surface area (Å²) in [5, 5.41) is 5.08. The van der Waals surface area contributed by atoms with Crippen molar-refractivity contribution in [1.29, 1.82) is 0 Å². The lowest BCUT2D eigenvalue weighted by Crippen LogP contribution is -2.15. The molecule has 10 aromatic carbocycles. The van der Waals surface area contributed by atoms with Crippen molar-refractivity contribution < 1.29 is 0 Å². The summed E-state index contributed by atoms with van der Waals surface area (Å²) in [4.78, 5) is 2.41. The number of aromatic nitrogens is 1. The highest BCUT2D eigenvalue weighted by Gasteiger charge is 2.35. The largest absolute Gasteiger partial charge is 0.310 e. The Morgan fingerprint density at radius 3 is 1.90 bits per heavy atom. The van der Waals surface area contributed by atoms with Gasteiger partial charge in [-0.2, -0.15) is 0 Å². The molecule has 328 valence electrons. The highest BCUT2D eigenvalue weighted by atomic mass is 15.1. The fourth-order valence-corrected chi connectivity index (χ4v) is 11.5. The summed E-state index contributed by atoms with van der Waals surface area (Å²) < 4.78 is 2.47. The lowest BCUT2D eigenvalue weighted by molar-refractivity contribution is 0.660. The SMILES string of the molecule is CC1(C)c2ccccc2-c2ccc(-n3c4ccccc4c4c(-c5cccc(N(c6ccc(-c7ccccc7)cc6)c6ccc(C7C=CC(c8cccc9ccccc89)=CC7)cc6)c5)cccc43)cc21. The van der Waals surface area contributed by atoms with Crippen LogP contribution in [0.3, 0.4) is 0 Å². The Morgan fingerprint density at radius 1 is 0.449 bits per heavy atom. The van der Waals surface area contributed by atoms with Crippen molar-refractivity contribution in [2.45, 2.75) is 31.6 Å². The molecule has 1 atom stereocenters. The third-order valence-electron chi connectivity index (χ3n) is 15.0. The van der Waals surface area contributed by atoms with Crippen molar-refractivity contribution in [1.82, 2.24) is 4.57 Å². The first-order valence-corrected chi connectivity index (χ1v) is 24.3. The Hall–Kier alpha value is -8.46. The topological polar surface area (TPSA) is 8.17 Å². The summed E-state index contributed by atoms with van der Waals surface area (Å²) in [7, 11) is 0.